The molecular formula is C26H46OP+. The fourth-order valence-electron chi connectivity index (χ4n) is 4.21. The summed E-state index contributed by atoms with van der Waals surface area (Å²) in [6.07, 6.45) is 20.9. The first-order valence-electron chi connectivity index (χ1n) is 12.1. The molecule has 1 aromatic carbocycles. The van der Waals surface area contributed by atoms with Crippen LogP contribution in [0.5, 0.6) is 0 Å². The van der Waals surface area contributed by atoms with E-state index in [1.54, 1.807) is 0 Å². The van der Waals surface area contributed by atoms with Gasteiger partial charge in [0.15, 0.2) is 5.78 Å². The third-order valence-electron chi connectivity index (χ3n) is 6.03. The monoisotopic (exact) mass is 405 g/mol. The van der Waals surface area contributed by atoms with Gasteiger partial charge in [0.2, 0.25) is 0 Å². The van der Waals surface area contributed by atoms with Crippen LogP contribution >= 0.6 is 7.26 Å². The Morgan fingerprint density at radius 2 is 1.07 bits per heavy atom. The number of hydrogen-bond donors (Lipinski definition) is 0. The van der Waals surface area contributed by atoms with E-state index in [4.69, 9.17) is 0 Å². The molecule has 0 radical (unpaired) electrons. The minimum atomic E-state index is -1.19. The molecule has 2 heteroatoms. The van der Waals surface area contributed by atoms with Crippen LogP contribution in [-0.4, -0.2) is 30.4 Å². The lowest BCUT2D eigenvalue weighted by atomic mass is 10.2. The molecule has 0 heterocycles. The van der Waals surface area contributed by atoms with Crippen molar-refractivity contribution >= 4 is 13.0 Å². The zero-order valence-electron chi connectivity index (χ0n) is 19.1. The van der Waals surface area contributed by atoms with Gasteiger partial charge in [-0.1, -0.05) is 89.6 Å². The molecule has 160 valence electrons. The van der Waals surface area contributed by atoms with E-state index in [0.717, 1.165) is 11.7 Å². The number of rotatable bonds is 18. The Bertz CT molecular complexity index is 465. The second-order valence-corrected chi connectivity index (χ2v) is 13.0. The molecule has 0 atom stereocenters. The van der Waals surface area contributed by atoms with Crippen molar-refractivity contribution in [1.82, 2.24) is 0 Å². The van der Waals surface area contributed by atoms with Crippen molar-refractivity contribution in [3.63, 3.8) is 0 Å². The van der Waals surface area contributed by atoms with Crippen LogP contribution in [0.25, 0.3) is 0 Å². The van der Waals surface area contributed by atoms with Gasteiger partial charge in [-0.05, 0) is 38.5 Å². The molecule has 0 bridgehead atoms. The first kappa shape index (κ1) is 25.4. The maximum absolute atomic E-state index is 13.2. The van der Waals surface area contributed by atoms with Gasteiger partial charge in [0, 0.05) is 12.8 Å². The molecule has 0 spiro atoms. The summed E-state index contributed by atoms with van der Waals surface area (Å²) in [4.78, 5) is 13.2. The quantitative estimate of drug-likeness (QED) is 0.136. The molecule has 0 aliphatic heterocycles. The number of ketones is 1. The molecule has 1 aromatic rings. The Kier molecular flexibility index (Phi) is 14.6. The Morgan fingerprint density at radius 3 is 1.46 bits per heavy atom. The first-order chi connectivity index (χ1) is 13.7. The Hall–Kier alpha value is -0.680. The zero-order valence-corrected chi connectivity index (χ0v) is 20.0. The van der Waals surface area contributed by atoms with Crippen LogP contribution in [0.1, 0.15) is 108 Å². The molecule has 0 saturated carbocycles. The largest absolute Gasteiger partial charge is 0.290 e. The predicted octanol–water partition coefficient (Wildman–Crippen LogP) is 8.63. The van der Waals surface area contributed by atoms with Crippen molar-refractivity contribution in [2.24, 2.45) is 0 Å². The van der Waals surface area contributed by atoms with E-state index in [1.807, 2.05) is 30.3 Å². The average molecular weight is 406 g/mol. The van der Waals surface area contributed by atoms with Crippen LogP contribution < -0.4 is 0 Å². The summed E-state index contributed by atoms with van der Waals surface area (Å²) >= 11 is 0. The van der Waals surface area contributed by atoms with Crippen molar-refractivity contribution < 1.29 is 4.79 Å². The molecular weight excluding hydrogens is 359 g/mol. The summed E-state index contributed by atoms with van der Waals surface area (Å²) in [5, 5.41) is 0. The Labute approximate surface area is 176 Å². The van der Waals surface area contributed by atoms with Crippen molar-refractivity contribution in [3.05, 3.63) is 35.9 Å². The minimum absolute atomic E-state index is 0.412. The van der Waals surface area contributed by atoms with E-state index in [9.17, 15) is 4.79 Å². The Balaban J connectivity index is 2.85. The summed E-state index contributed by atoms with van der Waals surface area (Å²) in [5.74, 6) is 0.412. The maximum atomic E-state index is 13.2. The highest BCUT2D eigenvalue weighted by Gasteiger charge is 2.38. The summed E-state index contributed by atoms with van der Waals surface area (Å²) in [6.45, 7) is 6.87. The minimum Gasteiger partial charge on any atom is -0.290 e. The molecule has 0 fully saturated rings. The number of hydrogen-bond acceptors (Lipinski definition) is 1. The standard InChI is InChI=1S/C26H46OP/c1-4-7-10-16-21-28(22-17-11-8-5-2,23-18-12-9-6-3)24-26(27)25-19-14-13-15-20-25/h13-15,19-20H,4-12,16-18,21-24H2,1-3H3/q+1. The lowest BCUT2D eigenvalue weighted by molar-refractivity contribution is 0.102. The van der Waals surface area contributed by atoms with Gasteiger partial charge in [0.1, 0.15) is 6.16 Å². The average Bonchev–Trinajstić information content (AvgIpc) is 2.72. The summed E-state index contributed by atoms with van der Waals surface area (Å²) in [5.41, 5.74) is 0.933. The van der Waals surface area contributed by atoms with E-state index in [-0.39, 0.29) is 0 Å². The number of unbranched alkanes of at least 4 members (excludes halogenated alkanes) is 9. The van der Waals surface area contributed by atoms with Crippen LogP contribution in [0.15, 0.2) is 30.3 Å². The number of benzene rings is 1. The van der Waals surface area contributed by atoms with Gasteiger partial charge < -0.3 is 0 Å². The SMILES string of the molecule is CCCCCC[P+](CCCCCC)(CCCCCC)CC(=O)c1ccccc1. The summed E-state index contributed by atoms with van der Waals surface area (Å²) in [6, 6.07) is 10.1. The van der Waals surface area contributed by atoms with Crippen molar-refractivity contribution in [2.45, 2.75) is 97.8 Å². The van der Waals surface area contributed by atoms with Crippen molar-refractivity contribution in [2.75, 3.05) is 24.6 Å². The van der Waals surface area contributed by atoms with Gasteiger partial charge in [-0.3, -0.25) is 4.79 Å². The highest BCUT2D eigenvalue weighted by molar-refractivity contribution is 7.76. The fraction of sp³-hybridized carbons (Fsp3) is 0.731. The van der Waals surface area contributed by atoms with Crippen LogP contribution in [-0.2, 0) is 0 Å². The van der Waals surface area contributed by atoms with Gasteiger partial charge in [-0.15, -0.1) is 0 Å². The number of carbonyl (C=O) groups excluding carboxylic acids is 1. The molecule has 0 saturated heterocycles. The summed E-state index contributed by atoms with van der Waals surface area (Å²) in [7, 11) is -1.19. The van der Waals surface area contributed by atoms with Gasteiger partial charge in [0.05, 0.1) is 18.5 Å². The summed E-state index contributed by atoms with van der Waals surface area (Å²) < 4.78 is 0. The molecule has 1 nitrogen and oxygen atoms in total. The van der Waals surface area contributed by atoms with E-state index < -0.39 is 7.26 Å². The van der Waals surface area contributed by atoms with Gasteiger partial charge >= 0.3 is 0 Å². The lowest BCUT2D eigenvalue weighted by Gasteiger charge is -2.28. The smallest absolute Gasteiger partial charge is 0.199 e. The molecule has 0 aromatic heterocycles. The van der Waals surface area contributed by atoms with Gasteiger partial charge in [-0.2, -0.15) is 0 Å². The van der Waals surface area contributed by atoms with Crippen LogP contribution in [0.2, 0.25) is 0 Å². The molecule has 0 N–H and O–H groups in total. The maximum Gasteiger partial charge on any atom is 0.199 e. The second-order valence-electron chi connectivity index (χ2n) is 8.64. The van der Waals surface area contributed by atoms with Gasteiger partial charge in [-0.25, -0.2) is 0 Å². The highest BCUT2D eigenvalue weighted by Crippen LogP contribution is 2.61. The van der Waals surface area contributed by atoms with E-state index in [1.165, 1.54) is 95.5 Å². The van der Waals surface area contributed by atoms with E-state index >= 15 is 0 Å². The topological polar surface area (TPSA) is 17.1 Å². The fourth-order valence-corrected chi connectivity index (χ4v) is 8.83. The first-order valence-corrected chi connectivity index (χ1v) is 14.6. The number of carbonyl (C=O) groups is 1. The predicted molar refractivity (Wildman–Crippen MR) is 130 cm³/mol. The molecule has 0 aliphatic carbocycles. The molecule has 0 amide bonds. The van der Waals surface area contributed by atoms with E-state index in [0.29, 0.717) is 5.78 Å². The zero-order chi connectivity index (χ0) is 20.5. The van der Waals surface area contributed by atoms with Crippen LogP contribution in [0.4, 0.5) is 0 Å². The molecule has 28 heavy (non-hydrogen) atoms. The van der Waals surface area contributed by atoms with Crippen molar-refractivity contribution in [1.29, 1.82) is 0 Å². The normalized spacial score (nSPS) is 11.7. The lowest BCUT2D eigenvalue weighted by Crippen LogP contribution is -2.19. The molecule has 0 aliphatic rings. The number of Topliss-reactive ketones (excluding diaryl/α,β-unsaturated/α-hetero) is 1. The van der Waals surface area contributed by atoms with Crippen molar-refractivity contribution in [3.8, 4) is 0 Å². The molecule has 0 unspecified atom stereocenters. The molecule has 1 rings (SSSR count). The van der Waals surface area contributed by atoms with Crippen LogP contribution in [0, 0.1) is 0 Å². The Morgan fingerprint density at radius 1 is 0.643 bits per heavy atom. The third-order valence-corrected chi connectivity index (χ3v) is 10.8. The van der Waals surface area contributed by atoms with Gasteiger partial charge in [0.25, 0.3) is 0 Å². The van der Waals surface area contributed by atoms with E-state index in [2.05, 4.69) is 20.8 Å². The highest BCUT2D eigenvalue weighted by atomic mass is 31.2. The van der Waals surface area contributed by atoms with Crippen LogP contribution in [0.3, 0.4) is 0 Å². The third kappa shape index (κ3) is 10.8. The second kappa shape index (κ2) is 16.2.